The first-order valence-electron chi connectivity index (χ1n) is 5.62. The number of hydrogen-bond acceptors (Lipinski definition) is 4. The van der Waals surface area contributed by atoms with Gasteiger partial charge in [0, 0.05) is 0 Å². The molecule has 0 aromatic heterocycles. The number of benzene rings is 2. The summed E-state index contributed by atoms with van der Waals surface area (Å²) >= 11 is -4.03. The van der Waals surface area contributed by atoms with Crippen LogP contribution < -0.4 is 7.16 Å². The van der Waals surface area contributed by atoms with Gasteiger partial charge < -0.3 is 0 Å². The molecule has 0 fully saturated rings. The van der Waals surface area contributed by atoms with Crippen LogP contribution in [0.15, 0.2) is 67.1 Å². The summed E-state index contributed by atoms with van der Waals surface area (Å²) in [6, 6.07) is 18.4. The first kappa shape index (κ1) is 13.4. The van der Waals surface area contributed by atoms with Crippen LogP contribution in [-0.4, -0.2) is 31.1 Å². The van der Waals surface area contributed by atoms with Gasteiger partial charge in [-0.25, -0.2) is 0 Å². The maximum atomic E-state index is 10.8. The van der Waals surface area contributed by atoms with Crippen molar-refractivity contribution >= 4 is 38.2 Å². The van der Waals surface area contributed by atoms with Crippen molar-refractivity contribution in [3.05, 3.63) is 60.7 Å². The monoisotopic (exact) mass is 358 g/mol. The Morgan fingerprint density at radius 3 is 1.37 bits per heavy atom. The number of isocyanates is 2. The molecule has 5 heteroatoms. The van der Waals surface area contributed by atoms with Gasteiger partial charge >= 0.3 is 115 Å². The molecule has 2 rings (SSSR count). The Hall–Kier alpha value is -2.00. The van der Waals surface area contributed by atoms with Crippen LogP contribution in [0.5, 0.6) is 0 Å². The van der Waals surface area contributed by atoms with Crippen molar-refractivity contribution in [3.63, 3.8) is 0 Å². The average Bonchev–Trinajstić information content (AvgIpc) is 2.49. The third-order valence-electron chi connectivity index (χ3n) is 2.77. The molecular weight excluding hydrogens is 347 g/mol. The van der Waals surface area contributed by atoms with Gasteiger partial charge in [0.1, 0.15) is 0 Å². The van der Waals surface area contributed by atoms with Gasteiger partial charge in [0.15, 0.2) is 0 Å². The fourth-order valence-electron chi connectivity index (χ4n) is 1.92. The van der Waals surface area contributed by atoms with E-state index in [9.17, 15) is 9.59 Å². The Morgan fingerprint density at radius 1 is 0.684 bits per heavy atom. The van der Waals surface area contributed by atoms with Crippen LogP contribution in [0.4, 0.5) is 0 Å². The molecule has 0 bridgehead atoms. The van der Waals surface area contributed by atoms with Crippen LogP contribution in [0.3, 0.4) is 0 Å². The molecule has 19 heavy (non-hydrogen) atoms. The van der Waals surface area contributed by atoms with Crippen LogP contribution in [-0.2, 0) is 9.59 Å². The van der Waals surface area contributed by atoms with E-state index in [1.54, 1.807) is 12.2 Å². The Labute approximate surface area is 115 Å². The number of carbonyl (C=O) groups excluding carboxylic acids is 2. The summed E-state index contributed by atoms with van der Waals surface area (Å²) in [6.45, 7) is 0. The van der Waals surface area contributed by atoms with E-state index < -0.39 is 18.9 Å². The second-order valence-corrected chi connectivity index (χ2v) is 12.2. The summed E-state index contributed by atoms with van der Waals surface area (Å²) in [5.74, 6) is 0. The van der Waals surface area contributed by atoms with Crippen molar-refractivity contribution in [2.45, 2.75) is 0 Å². The zero-order chi connectivity index (χ0) is 13.6. The number of nitrogens with zero attached hydrogens (tertiary/aromatic N) is 2. The first-order chi connectivity index (χ1) is 9.33. The Morgan fingerprint density at radius 2 is 1.05 bits per heavy atom. The molecule has 92 valence electrons. The van der Waals surface area contributed by atoms with Crippen molar-refractivity contribution in [3.8, 4) is 0 Å². The fraction of sp³-hybridized carbons (Fsp3) is 0. The quantitative estimate of drug-likeness (QED) is 0.464. The van der Waals surface area contributed by atoms with Gasteiger partial charge in [-0.05, 0) is 0 Å². The van der Waals surface area contributed by atoms with E-state index in [1.807, 2.05) is 60.7 Å². The van der Waals surface area contributed by atoms with Gasteiger partial charge in [-0.2, -0.15) is 0 Å². The summed E-state index contributed by atoms with van der Waals surface area (Å²) in [5, 5.41) is 0. The van der Waals surface area contributed by atoms with Crippen molar-refractivity contribution in [1.29, 1.82) is 0 Å². The first-order valence-corrected chi connectivity index (χ1v) is 11.0. The summed E-state index contributed by atoms with van der Waals surface area (Å²) in [7, 11) is 0. The van der Waals surface area contributed by atoms with E-state index in [0.717, 1.165) is 7.16 Å². The van der Waals surface area contributed by atoms with Crippen molar-refractivity contribution in [1.82, 2.24) is 0 Å². The fourth-order valence-corrected chi connectivity index (χ4v) is 9.00. The third kappa shape index (κ3) is 2.71. The van der Waals surface area contributed by atoms with Crippen LogP contribution in [0, 0.1) is 0 Å². The molecule has 0 aliphatic carbocycles. The van der Waals surface area contributed by atoms with E-state index in [2.05, 4.69) is 6.43 Å². The summed E-state index contributed by atoms with van der Waals surface area (Å²) in [6.07, 6.45) is 3.17. The van der Waals surface area contributed by atoms with E-state index in [0.29, 0.717) is 0 Å². The van der Waals surface area contributed by atoms with Gasteiger partial charge in [-0.15, -0.1) is 0 Å². The average molecular weight is 357 g/mol. The van der Waals surface area contributed by atoms with Gasteiger partial charge in [-0.3, -0.25) is 0 Å². The second-order valence-electron chi connectivity index (χ2n) is 3.81. The van der Waals surface area contributed by atoms with Crippen LogP contribution in [0.1, 0.15) is 0 Å². The molecule has 4 nitrogen and oxygen atoms in total. The maximum absolute atomic E-state index is 10.8. The van der Waals surface area contributed by atoms with E-state index in [1.165, 1.54) is 0 Å². The molecule has 0 N–H and O–H groups in total. The van der Waals surface area contributed by atoms with Crippen molar-refractivity contribution in [2.75, 3.05) is 0 Å². The normalized spacial score (nSPS) is 10.1. The molecule has 2 aromatic carbocycles. The van der Waals surface area contributed by atoms with Gasteiger partial charge in [-0.1, -0.05) is 0 Å². The topological polar surface area (TPSA) is 58.9 Å². The Balaban J connectivity index is 2.75. The van der Waals surface area contributed by atoms with Gasteiger partial charge in [0.25, 0.3) is 0 Å². The SMILES string of the molecule is O=C=[N][Sn]([N]=C=O)([c]1ccccc1)[c]1ccccc1. The van der Waals surface area contributed by atoms with E-state index >= 15 is 0 Å². The molecule has 0 spiro atoms. The van der Waals surface area contributed by atoms with Crippen LogP contribution >= 0.6 is 0 Å². The van der Waals surface area contributed by atoms with Gasteiger partial charge in [0.05, 0.1) is 0 Å². The zero-order valence-electron chi connectivity index (χ0n) is 9.98. The van der Waals surface area contributed by atoms with Crippen LogP contribution in [0.25, 0.3) is 0 Å². The number of hydrogen-bond donors (Lipinski definition) is 0. The minimum atomic E-state index is -4.03. The molecule has 0 amide bonds. The molecule has 0 aliphatic heterocycles. The molecular formula is C14H10N2O2Sn. The standard InChI is InChI=1S/2C6H5.2CNO.Sn/c2*1-2-4-6-5-3-1;2*2-1-3;/h2*1-5H;;;/q;;2*-1;+2. The summed E-state index contributed by atoms with van der Waals surface area (Å²) in [4.78, 5) is 21.6. The third-order valence-corrected chi connectivity index (χ3v) is 11.6. The molecule has 2 aromatic rings. The Bertz CT molecular complexity index is 586. The summed E-state index contributed by atoms with van der Waals surface area (Å²) < 4.78 is 9.55. The summed E-state index contributed by atoms with van der Waals surface area (Å²) in [5.41, 5.74) is 0. The molecule has 0 aliphatic rings. The van der Waals surface area contributed by atoms with Crippen LogP contribution in [0.2, 0.25) is 0 Å². The second kappa shape index (κ2) is 6.25. The molecule has 0 radical (unpaired) electrons. The molecule has 0 saturated heterocycles. The van der Waals surface area contributed by atoms with Gasteiger partial charge in [0.2, 0.25) is 0 Å². The Kier molecular flexibility index (Phi) is 4.42. The molecule has 0 atom stereocenters. The minimum absolute atomic E-state index is 0.815. The predicted molar refractivity (Wildman–Crippen MR) is 74.1 cm³/mol. The van der Waals surface area contributed by atoms with E-state index in [4.69, 9.17) is 0 Å². The zero-order valence-corrected chi connectivity index (χ0v) is 12.8. The van der Waals surface area contributed by atoms with Crippen molar-refractivity contribution in [2.24, 2.45) is 6.43 Å². The van der Waals surface area contributed by atoms with E-state index in [-0.39, 0.29) is 0 Å². The molecule has 0 heterocycles. The number of rotatable bonds is 4. The predicted octanol–water partition coefficient (Wildman–Crippen LogP) is 0.915. The molecule has 0 saturated carbocycles. The van der Waals surface area contributed by atoms with Crippen molar-refractivity contribution < 1.29 is 9.59 Å². The molecule has 0 unspecified atom stereocenters.